The van der Waals surface area contributed by atoms with Gasteiger partial charge in [-0.05, 0) is 18.2 Å². The number of aromatic nitrogens is 1. The third kappa shape index (κ3) is 2.43. The number of nitrogens with zero attached hydrogens (tertiary/aromatic N) is 1. The lowest BCUT2D eigenvalue weighted by Gasteiger charge is -2.01. The lowest BCUT2D eigenvalue weighted by Crippen LogP contribution is -2.04. The Balaban J connectivity index is 2.31. The van der Waals surface area contributed by atoms with Crippen molar-refractivity contribution in [3.63, 3.8) is 0 Å². The maximum absolute atomic E-state index is 11.2. The summed E-state index contributed by atoms with van der Waals surface area (Å²) in [6.45, 7) is 0.184. The molecule has 0 saturated carbocycles. The molecule has 2 rings (SSSR count). The van der Waals surface area contributed by atoms with Gasteiger partial charge in [0, 0.05) is 5.39 Å². The fourth-order valence-electron chi connectivity index (χ4n) is 1.52. The Bertz CT molecular complexity index is 609. The molecule has 0 aliphatic carbocycles. The Labute approximate surface area is 104 Å². The number of benzene rings is 1. The van der Waals surface area contributed by atoms with E-state index >= 15 is 0 Å². The van der Waals surface area contributed by atoms with Crippen molar-refractivity contribution in [3.8, 4) is 18.1 Å². The predicted octanol–water partition coefficient (Wildman–Crippen LogP) is 1.56. The zero-order valence-electron chi connectivity index (χ0n) is 9.80. The summed E-state index contributed by atoms with van der Waals surface area (Å²) in [4.78, 5) is 11.2. The molecule has 5 heteroatoms. The standard InChI is InChI=1S/C13H11NO4/c1-3-6-17-9-4-5-12-10(7-9)11(14-18-12)8-13(15)16-2/h1,4-5,7H,6,8H2,2H3. The van der Waals surface area contributed by atoms with E-state index in [0.717, 1.165) is 5.39 Å². The van der Waals surface area contributed by atoms with Crippen LogP contribution in [0.2, 0.25) is 0 Å². The zero-order chi connectivity index (χ0) is 13.0. The van der Waals surface area contributed by atoms with Crippen LogP contribution in [0.1, 0.15) is 5.69 Å². The fourth-order valence-corrected chi connectivity index (χ4v) is 1.52. The quantitative estimate of drug-likeness (QED) is 0.604. The number of carbonyl (C=O) groups excluding carboxylic acids is 1. The first-order valence-corrected chi connectivity index (χ1v) is 5.26. The Morgan fingerprint density at radius 1 is 1.56 bits per heavy atom. The number of fused-ring (bicyclic) bond motifs is 1. The molecule has 0 spiro atoms. The van der Waals surface area contributed by atoms with Gasteiger partial charge in [0.2, 0.25) is 0 Å². The van der Waals surface area contributed by atoms with Gasteiger partial charge in [0.25, 0.3) is 0 Å². The van der Waals surface area contributed by atoms with Gasteiger partial charge in [-0.2, -0.15) is 0 Å². The molecular weight excluding hydrogens is 234 g/mol. The Hall–Kier alpha value is -2.48. The van der Waals surface area contributed by atoms with Gasteiger partial charge in [-0.3, -0.25) is 4.79 Å². The van der Waals surface area contributed by atoms with Gasteiger partial charge in [-0.1, -0.05) is 11.1 Å². The molecule has 0 N–H and O–H groups in total. The molecule has 0 unspecified atom stereocenters. The minimum Gasteiger partial charge on any atom is -0.481 e. The van der Waals surface area contributed by atoms with Crippen LogP contribution in [0.4, 0.5) is 0 Å². The van der Waals surface area contributed by atoms with Crippen LogP contribution in [0.5, 0.6) is 5.75 Å². The van der Waals surface area contributed by atoms with Crippen molar-refractivity contribution < 1.29 is 18.8 Å². The van der Waals surface area contributed by atoms with Crippen molar-refractivity contribution >= 4 is 16.9 Å². The molecular formula is C13H11NO4. The van der Waals surface area contributed by atoms with E-state index < -0.39 is 0 Å². The van der Waals surface area contributed by atoms with Crippen molar-refractivity contribution in [2.45, 2.75) is 6.42 Å². The molecule has 92 valence electrons. The third-order valence-electron chi connectivity index (χ3n) is 2.38. The molecule has 18 heavy (non-hydrogen) atoms. The van der Waals surface area contributed by atoms with Crippen LogP contribution >= 0.6 is 0 Å². The van der Waals surface area contributed by atoms with E-state index in [9.17, 15) is 4.79 Å². The van der Waals surface area contributed by atoms with E-state index in [4.69, 9.17) is 15.7 Å². The molecule has 5 nitrogen and oxygen atoms in total. The minimum atomic E-state index is -0.375. The average molecular weight is 245 g/mol. The number of terminal acetylenes is 1. The number of esters is 1. The molecule has 0 radical (unpaired) electrons. The van der Waals surface area contributed by atoms with Gasteiger partial charge >= 0.3 is 5.97 Å². The first-order chi connectivity index (χ1) is 8.74. The average Bonchev–Trinajstić information content (AvgIpc) is 2.79. The number of methoxy groups -OCH3 is 1. The molecule has 0 aliphatic rings. The highest BCUT2D eigenvalue weighted by Gasteiger charge is 2.13. The fraction of sp³-hybridized carbons (Fsp3) is 0.231. The number of ether oxygens (including phenoxy) is 2. The van der Waals surface area contributed by atoms with Crippen molar-refractivity contribution in [3.05, 3.63) is 23.9 Å². The van der Waals surface area contributed by atoms with Crippen LogP contribution in [0.25, 0.3) is 11.0 Å². The predicted molar refractivity (Wildman–Crippen MR) is 64.1 cm³/mol. The molecule has 1 heterocycles. The molecule has 0 amide bonds. The van der Waals surface area contributed by atoms with Crippen LogP contribution in [0.15, 0.2) is 22.7 Å². The van der Waals surface area contributed by atoms with Crippen LogP contribution in [-0.4, -0.2) is 24.8 Å². The van der Waals surface area contributed by atoms with E-state index in [-0.39, 0.29) is 19.0 Å². The van der Waals surface area contributed by atoms with Crippen molar-refractivity contribution in [2.75, 3.05) is 13.7 Å². The van der Waals surface area contributed by atoms with Crippen molar-refractivity contribution in [1.82, 2.24) is 5.16 Å². The second kappa shape index (κ2) is 5.23. The molecule has 2 aromatic rings. The topological polar surface area (TPSA) is 61.6 Å². The zero-order valence-corrected chi connectivity index (χ0v) is 9.80. The molecule has 0 bridgehead atoms. The van der Waals surface area contributed by atoms with Gasteiger partial charge in [-0.25, -0.2) is 0 Å². The highest BCUT2D eigenvalue weighted by Crippen LogP contribution is 2.24. The van der Waals surface area contributed by atoms with E-state index in [1.165, 1.54) is 7.11 Å². The maximum atomic E-state index is 11.2. The van der Waals surface area contributed by atoms with E-state index in [2.05, 4.69) is 15.8 Å². The number of hydrogen-bond donors (Lipinski definition) is 0. The normalized spacial score (nSPS) is 10.0. The van der Waals surface area contributed by atoms with Crippen molar-refractivity contribution in [2.24, 2.45) is 0 Å². The van der Waals surface area contributed by atoms with Crippen molar-refractivity contribution in [1.29, 1.82) is 0 Å². The molecule has 1 aromatic heterocycles. The lowest BCUT2D eigenvalue weighted by atomic mass is 10.1. The van der Waals surface area contributed by atoms with E-state index in [1.54, 1.807) is 18.2 Å². The third-order valence-corrected chi connectivity index (χ3v) is 2.38. The summed E-state index contributed by atoms with van der Waals surface area (Å²) >= 11 is 0. The maximum Gasteiger partial charge on any atom is 0.311 e. The van der Waals surface area contributed by atoms with Gasteiger partial charge in [-0.15, -0.1) is 6.42 Å². The Kier molecular flexibility index (Phi) is 3.49. The molecule has 0 atom stereocenters. The van der Waals surface area contributed by atoms with Crippen LogP contribution < -0.4 is 4.74 Å². The summed E-state index contributed by atoms with van der Waals surface area (Å²) in [6.07, 6.45) is 5.17. The van der Waals surface area contributed by atoms with Crippen LogP contribution in [0, 0.1) is 12.3 Å². The van der Waals surface area contributed by atoms with Gasteiger partial charge in [0.1, 0.15) is 18.1 Å². The van der Waals surface area contributed by atoms with E-state index in [1.807, 2.05) is 0 Å². The smallest absolute Gasteiger partial charge is 0.311 e. The number of rotatable bonds is 4. The summed E-state index contributed by atoms with van der Waals surface area (Å²) in [5, 5.41) is 4.55. The monoisotopic (exact) mass is 245 g/mol. The van der Waals surface area contributed by atoms with Crippen LogP contribution in [0.3, 0.4) is 0 Å². The summed E-state index contributed by atoms with van der Waals surface area (Å²) in [7, 11) is 1.33. The second-order valence-electron chi connectivity index (χ2n) is 3.53. The Morgan fingerprint density at radius 3 is 3.11 bits per heavy atom. The van der Waals surface area contributed by atoms with Gasteiger partial charge in [0.15, 0.2) is 5.58 Å². The largest absolute Gasteiger partial charge is 0.481 e. The number of carbonyl (C=O) groups is 1. The Morgan fingerprint density at radius 2 is 2.39 bits per heavy atom. The summed E-state index contributed by atoms with van der Waals surface area (Å²) < 4.78 is 15.0. The molecule has 1 aromatic carbocycles. The summed E-state index contributed by atoms with van der Waals surface area (Å²) in [5.74, 6) is 2.61. The van der Waals surface area contributed by atoms with E-state index in [0.29, 0.717) is 17.0 Å². The first-order valence-electron chi connectivity index (χ1n) is 5.26. The van der Waals surface area contributed by atoms with Gasteiger partial charge < -0.3 is 14.0 Å². The van der Waals surface area contributed by atoms with Gasteiger partial charge in [0.05, 0.1) is 13.5 Å². The highest BCUT2D eigenvalue weighted by molar-refractivity contribution is 5.85. The SMILES string of the molecule is C#CCOc1ccc2onc(CC(=O)OC)c2c1. The first kappa shape index (κ1) is 12.0. The minimum absolute atomic E-state index is 0.0576. The van der Waals surface area contributed by atoms with Crippen LogP contribution in [-0.2, 0) is 16.0 Å². The number of hydrogen-bond acceptors (Lipinski definition) is 5. The highest BCUT2D eigenvalue weighted by atomic mass is 16.5. The molecule has 0 saturated heterocycles. The molecule has 0 fully saturated rings. The second-order valence-corrected chi connectivity index (χ2v) is 3.53. The molecule has 0 aliphatic heterocycles. The summed E-state index contributed by atoms with van der Waals surface area (Å²) in [6, 6.07) is 5.18. The summed E-state index contributed by atoms with van der Waals surface area (Å²) in [5.41, 5.74) is 1.10. The lowest BCUT2D eigenvalue weighted by molar-refractivity contribution is -0.139.